The summed E-state index contributed by atoms with van der Waals surface area (Å²) in [5, 5.41) is 0. The van der Waals surface area contributed by atoms with E-state index >= 15 is 0 Å². The zero-order chi connectivity index (χ0) is 21.8. The zero-order valence-electron chi connectivity index (χ0n) is 17.1. The minimum absolute atomic E-state index is 0.151. The molecular weight excluding hydrogens is 418 g/mol. The van der Waals surface area contributed by atoms with Gasteiger partial charge in [0.1, 0.15) is 5.75 Å². The lowest BCUT2D eigenvalue weighted by Crippen LogP contribution is -2.43. The molecule has 1 fully saturated rings. The van der Waals surface area contributed by atoms with Gasteiger partial charge in [0.15, 0.2) is 6.61 Å². The van der Waals surface area contributed by atoms with Crippen LogP contribution in [0.2, 0.25) is 0 Å². The van der Waals surface area contributed by atoms with Crippen molar-refractivity contribution in [1.29, 1.82) is 0 Å². The fraction of sp³-hybridized carbons (Fsp3) is 0.364. The minimum Gasteiger partial charge on any atom is -0.484 e. The van der Waals surface area contributed by atoms with Gasteiger partial charge in [-0.2, -0.15) is 4.31 Å². The lowest BCUT2D eigenvalue weighted by Gasteiger charge is -2.15. The van der Waals surface area contributed by atoms with Crippen molar-refractivity contribution in [2.45, 2.75) is 37.0 Å². The van der Waals surface area contributed by atoms with Crippen molar-refractivity contribution in [3.05, 3.63) is 59.2 Å². The number of ether oxygens (including phenoxy) is 1. The molecule has 0 unspecified atom stereocenters. The number of aryl methyl sites for hydroxylation is 2. The van der Waals surface area contributed by atoms with E-state index in [9.17, 15) is 18.0 Å². The standard InChI is InChI=1S/C22H25N3O5S/c26-21(15-30-19-9-6-16-4-3-5-18(16)14-19)23-24-22(27)17-7-10-20(11-8-17)31(28,29)25-12-1-2-13-25/h6-11,14H,1-5,12-13,15H2,(H,23,26)(H,24,27). The molecule has 0 radical (unpaired) electrons. The Bertz CT molecular complexity index is 1080. The Balaban J connectivity index is 1.27. The van der Waals surface area contributed by atoms with Crippen LogP contribution >= 0.6 is 0 Å². The lowest BCUT2D eigenvalue weighted by molar-refractivity contribution is -0.123. The van der Waals surface area contributed by atoms with Gasteiger partial charge >= 0.3 is 0 Å². The Labute approximate surface area is 181 Å². The zero-order valence-corrected chi connectivity index (χ0v) is 17.9. The first kappa shape index (κ1) is 21.3. The number of hydrazine groups is 1. The van der Waals surface area contributed by atoms with E-state index < -0.39 is 21.8 Å². The molecule has 9 heteroatoms. The molecule has 4 rings (SSSR count). The molecule has 2 N–H and O–H groups in total. The SMILES string of the molecule is O=C(COc1ccc2c(c1)CCC2)NNC(=O)c1ccc(S(=O)(=O)N2CCCC2)cc1. The fourth-order valence-corrected chi connectivity index (χ4v) is 5.39. The summed E-state index contributed by atoms with van der Waals surface area (Å²) in [6.45, 7) is 0.806. The average Bonchev–Trinajstić information content (AvgIpc) is 3.48. The number of sulfonamides is 1. The lowest BCUT2D eigenvalue weighted by atomic mass is 10.1. The van der Waals surface area contributed by atoms with Crippen molar-refractivity contribution in [2.24, 2.45) is 0 Å². The van der Waals surface area contributed by atoms with E-state index in [-0.39, 0.29) is 17.1 Å². The number of fused-ring (bicyclic) bond motifs is 1. The monoisotopic (exact) mass is 443 g/mol. The molecule has 164 valence electrons. The maximum atomic E-state index is 12.5. The van der Waals surface area contributed by atoms with Crippen molar-refractivity contribution >= 4 is 21.8 Å². The van der Waals surface area contributed by atoms with E-state index in [4.69, 9.17) is 4.74 Å². The molecule has 2 aromatic rings. The van der Waals surface area contributed by atoms with Gasteiger partial charge in [-0.3, -0.25) is 20.4 Å². The summed E-state index contributed by atoms with van der Waals surface area (Å²) in [7, 11) is -3.53. The molecule has 0 spiro atoms. The van der Waals surface area contributed by atoms with E-state index in [0.717, 1.165) is 32.1 Å². The first-order chi connectivity index (χ1) is 14.9. The van der Waals surface area contributed by atoms with Gasteiger partial charge in [-0.25, -0.2) is 8.42 Å². The highest BCUT2D eigenvalue weighted by Gasteiger charge is 2.27. The molecule has 0 saturated carbocycles. The van der Waals surface area contributed by atoms with E-state index in [1.165, 1.54) is 39.7 Å². The fourth-order valence-electron chi connectivity index (χ4n) is 3.88. The molecular formula is C22H25N3O5S. The number of benzene rings is 2. The van der Waals surface area contributed by atoms with E-state index in [0.29, 0.717) is 18.8 Å². The first-order valence-corrected chi connectivity index (χ1v) is 11.8. The predicted octanol–water partition coefficient (Wildman–Crippen LogP) is 1.80. The van der Waals surface area contributed by atoms with Crippen LogP contribution in [0, 0.1) is 0 Å². The van der Waals surface area contributed by atoms with Gasteiger partial charge in [0.05, 0.1) is 4.90 Å². The van der Waals surface area contributed by atoms with Crippen LogP contribution in [0.5, 0.6) is 5.75 Å². The number of carbonyl (C=O) groups is 2. The number of carbonyl (C=O) groups excluding carboxylic acids is 2. The smallest absolute Gasteiger partial charge is 0.276 e. The Hall–Kier alpha value is -2.91. The Kier molecular flexibility index (Phi) is 6.24. The largest absolute Gasteiger partial charge is 0.484 e. The molecule has 1 saturated heterocycles. The summed E-state index contributed by atoms with van der Waals surface area (Å²) in [6, 6.07) is 11.5. The highest BCUT2D eigenvalue weighted by Crippen LogP contribution is 2.26. The molecule has 2 amide bonds. The maximum absolute atomic E-state index is 12.5. The number of hydrogen-bond acceptors (Lipinski definition) is 5. The number of nitrogens with one attached hydrogen (secondary N) is 2. The summed E-state index contributed by atoms with van der Waals surface area (Å²) in [5.74, 6) is -0.421. The van der Waals surface area contributed by atoms with Crippen LogP contribution in [0.15, 0.2) is 47.4 Å². The van der Waals surface area contributed by atoms with Crippen molar-refractivity contribution in [3.63, 3.8) is 0 Å². The summed E-state index contributed by atoms with van der Waals surface area (Å²) in [5.41, 5.74) is 7.42. The predicted molar refractivity (Wildman–Crippen MR) is 114 cm³/mol. The second-order valence-corrected chi connectivity index (χ2v) is 9.65. The number of hydrogen-bond donors (Lipinski definition) is 2. The van der Waals surface area contributed by atoms with Crippen LogP contribution in [0.25, 0.3) is 0 Å². The average molecular weight is 444 g/mol. The summed E-state index contributed by atoms with van der Waals surface area (Å²) in [4.78, 5) is 24.4. The third-order valence-electron chi connectivity index (χ3n) is 5.57. The summed E-state index contributed by atoms with van der Waals surface area (Å²) < 4.78 is 32.0. The van der Waals surface area contributed by atoms with E-state index in [2.05, 4.69) is 10.9 Å². The minimum atomic E-state index is -3.53. The molecule has 1 aliphatic carbocycles. The van der Waals surface area contributed by atoms with Gasteiger partial charge < -0.3 is 4.74 Å². The van der Waals surface area contributed by atoms with Gasteiger partial charge in [0.2, 0.25) is 10.0 Å². The molecule has 31 heavy (non-hydrogen) atoms. The molecule has 2 aliphatic rings. The quantitative estimate of drug-likeness (QED) is 0.663. The van der Waals surface area contributed by atoms with Crippen molar-refractivity contribution < 1.29 is 22.7 Å². The highest BCUT2D eigenvalue weighted by molar-refractivity contribution is 7.89. The van der Waals surface area contributed by atoms with Gasteiger partial charge in [0, 0.05) is 18.7 Å². The normalized spacial score (nSPS) is 16.0. The van der Waals surface area contributed by atoms with Crippen LogP contribution in [-0.2, 0) is 27.7 Å². The van der Waals surface area contributed by atoms with Crippen LogP contribution < -0.4 is 15.6 Å². The van der Waals surface area contributed by atoms with Crippen LogP contribution in [-0.4, -0.2) is 44.2 Å². The van der Waals surface area contributed by atoms with Crippen molar-refractivity contribution in [3.8, 4) is 5.75 Å². The van der Waals surface area contributed by atoms with E-state index in [1.54, 1.807) is 0 Å². The van der Waals surface area contributed by atoms with Crippen LogP contribution in [0.4, 0.5) is 0 Å². The second kappa shape index (κ2) is 9.07. The highest BCUT2D eigenvalue weighted by atomic mass is 32.2. The maximum Gasteiger partial charge on any atom is 0.276 e. The molecule has 1 aliphatic heterocycles. The van der Waals surface area contributed by atoms with Crippen molar-refractivity contribution in [1.82, 2.24) is 15.2 Å². The molecule has 2 aromatic carbocycles. The molecule has 0 bridgehead atoms. The third kappa shape index (κ3) is 4.88. The second-order valence-electron chi connectivity index (χ2n) is 7.71. The topological polar surface area (TPSA) is 105 Å². The van der Waals surface area contributed by atoms with Crippen LogP contribution in [0.1, 0.15) is 40.7 Å². The first-order valence-electron chi connectivity index (χ1n) is 10.4. The molecule has 0 aromatic heterocycles. The van der Waals surface area contributed by atoms with Gasteiger partial charge in [0.25, 0.3) is 11.8 Å². The van der Waals surface area contributed by atoms with Gasteiger partial charge in [-0.05, 0) is 79.6 Å². The Morgan fingerprint density at radius 2 is 1.61 bits per heavy atom. The van der Waals surface area contributed by atoms with Gasteiger partial charge in [-0.15, -0.1) is 0 Å². The summed E-state index contributed by atoms with van der Waals surface area (Å²) >= 11 is 0. The third-order valence-corrected chi connectivity index (χ3v) is 7.49. The van der Waals surface area contributed by atoms with Crippen molar-refractivity contribution in [2.75, 3.05) is 19.7 Å². The molecule has 0 atom stereocenters. The summed E-state index contributed by atoms with van der Waals surface area (Å²) in [6.07, 6.45) is 4.95. The van der Waals surface area contributed by atoms with E-state index in [1.807, 2.05) is 18.2 Å². The van der Waals surface area contributed by atoms with Gasteiger partial charge in [-0.1, -0.05) is 6.07 Å². The molecule has 1 heterocycles. The molecule has 8 nitrogen and oxygen atoms in total. The Morgan fingerprint density at radius 1 is 0.903 bits per heavy atom. The van der Waals surface area contributed by atoms with Crippen LogP contribution in [0.3, 0.4) is 0 Å². The number of amides is 2. The number of nitrogens with zero attached hydrogens (tertiary/aromatic N) is 1. The number of rotatable bonds is 6. The Morgan fingerprint density at radius 3 is 2.35 bits per heavy atom.